The minimum Gasteiger partial charge on any atom is -0.395 e. The van der Waals surface area contributed by atoms with E-state index in [1.54, 1.807) is 0 Å². The first-order valence-electron chi connectivity index (χ1n) is 9.77. The number of sulfone groups is 1. The van der Waals surface area contributed by atoms with E-state index in [0.29, 0.717) is 0 Å². The highest BCUT2D eigenvalue weighted by Crippen LogP contribution is 2.39. The fourth-order valence-corrected chi connectivity index (χ4v) is 5.50. The predicted octanol–water partition coefficient (Wildman–Crippen LogP) is 0.508. The zero-order valence-electron chi connectivity index (χ0n) is 17.7. The Kier molecular flexibility index (Phi) is 9.17. The lowest BCUT2D eigenvalue weighted by molar-refractivity contribution is -0.120. The molecule has 0 bridgehead atoms. The lowest BCUT2D eigenvalue weighted by Crippen LogP contribution is -2.59. The van der Waals surface area contributed by atoms with Gasteiger partial charge in [0.25, 0.3) is 0 Å². The second-order valence-corrected chi connectivity index (χ2v) is 11.1. The zero-order chi connectivity index (χ0) is 27.7. The van der Waals surface area contributed by atoms with Gasteiger partial charge in [0.05, 0.1) is 24.1 Å². The topological polar surface area (TPSA) is 156 Å². The van der Waals surface area contributed by atoms with Gasteiger partial charge >= 0.3 is 0 Å². The van der Waals surface area contributed by atoms with Crippen LogP contribution in [0, 0.1) is 17.5 Å². The van der Waals surface area contributed by atoms with Gasteiger partial charge in [-0.15, -0.1) is 0 Å². The number of nitrogens with one attached hydrogen (secondary N) is 2. The van der Waals surface area contributed by atoms with E-state index in [-0.39, 0.29) is 6.54 Å². The predicted molar refractivity (Wildman–Crippen MR) is 106 cm³/mol. The molecule has 0 aliphatic heterocycles. The number of hydrogen-bond donors (Lipinski definition) is 4. The lowest BCUT2D eigenvalue weighted by atomic mass is 9.87. The summed E-state index contributed by atoms with van der Waals surface area (Å²) in [7, 11) is -10.9. The third-order valence-electron chi connectivity index (χ3n) is 5.08. The third-order valence-corrected chi connectivity index (χ3v) is 7.75. The van der Waals surface area contributed by atoms with Crippen LogP contribution in [0.4, 0.5) is 40.8 Å². The molecule has 0 spiro atoms. The summed E-state index contributed by atoms with van der Waals surface area (Å²) in [5, 5.41) is 16.5. The largest absolute Gasteiger partial charge is 0.395 e. The Morgan fingerprint density at radius 1 is 0.833 bits per heavy atom. The van der Waals surface area contributed by atoms with E-state index in [1.165, 1.54) is 5.32 Å². The number of benzene rings is 1. The molecule has 0 aromatic heterocycles. The first-order valence-corrected chi connectivity index (χ1v) is 13.0. The molecule has 1 saturated carbocycles. The van der Waals surface area contributed by atoms with Crippen molar-refractivity contribution in [1.82, 2.24) is 5.32 Å². The Hall–Kier alpha value is -2.25. The van der Waals surface area contributed by atoms with Crippen LogP contribution in [0.25, 0.3) is 0 Å². The maximum absolute atomic E-state index is 15.0. The molecule has 0 radical (unpaired) electrons. The van der Waals surface area contributed by atoms with Crippen molar-refractivity contribution in [2.45, 2.75) is 53.1 Å². The summed E-state index contributed by atoms with van der Waals surface area (Å²) in [5.74, 6) is -10.3. The first-order chi connectivity index (χ1) is 16.5. The van der Waals surface area contributed by atoms with E-state index in [0.717, 1.165) is 0 Å². The number of aliphatic hydroxyl groups excluding tert-OH is 1. The SMILES string of the molecule is NS(=O)(=O)c1c(F)c(F)c(S(=O)(=O)CCC(=O)NCCO)c(NC2C(F)C(F)C(F)C(F)C2F)c1F. The van der Waals surface area contributed by atoms with Crippen molar-refractivity contribution in [1.29, 1.82) is 0 Å². The quantitative estimate of drug-likeness (QED) is 0.246. The van der Waals surface area contributed by atoms with Gasteiger partial charge in [-0.25, -0.2) is 57.1 Å². The molecule has 4 atom stereocenters. The van der Waals surface area contributed by atoms with E-state index in [1.807, 2.05) is 5.32 Å². The van der Waals surface area contributed by atoms with Gasteiger partial charge in [-0.05, 0) is 0 Å². The van der Waals surface area contributed by atoms with E-state index >= 15 is 4.39 Å². The van der Waals surface area contributed by atoms with Gasteiger partial charge in [-0.2, -0.15) is 0 Å². The molecular weight excluding hydrogens is 558 g/mol. The summed E-state index contributed by atoms with van der Waals surface area (Å²) in [6.07, 6.45) is -17.8. The first kappa shape index (κ1) is 30.0. The van der Waals surface area contributed by atoms with Gasteiger partial charge < -0.3 is 15.7 Å². The molecule has 1 aliphatic rings. The van der Waals surface area contributed by atoms with E-state index < -0.39 is 114 Å². The fourth-order valence-electron chi connectivity index (χ4n) is 3.33. The van der Waals surface area contributed by atoms with Crippen molar-refractivity contribution in [3.05, 3.63) is 17.5 Å². The van der Waals surface area contributed by atoms with Gasteiger partial charge in [0.15, 0.2) is 63.0 Å². The van der Waals surface area contributed by atoms with Crippen LogP contribution in [0.15, 0.2) is 9.79 Å². The summed E-state index contributed by atoms with van der Waals surface area (Å²) in [4.78, 5) is 7.25. The molecule has 0 heterocycles. The number of rotatable bonds is 9. The maximum atomic E-state index is 15.0. The van der Waals surface area contributed by atoms with Gasteiger partial charge in [0.2, 0.25) is 15.9 Å². The Bertz CT molecular complexity index is 1200. The van der Waals surface area contributed by atoms with Crippen LogP contribution in [0.2, 0.25) is 0 Å². The summed E-state index contributed by atoms with van der Waals surface area (Å²) in [5.41, 5.74) is -1.97. The molecule has 9 nitrogen and oxygen atoms in total. The van der Waals surface area contributed by atoms with Crippen molar-refractivity contribution in [2.75, 3.05) is 24.2 Å². The summed E-state index contributed by atoms with van der Waals surface area (Å²) < 4.78 is 162. The van der Waals surface area contributed by atoms with Gasteiger partial charge in [-0.3, -0.25) is 4.79 Å². The highest BCUT2D eigenvalue weighted by molar-refractivity contribution is 7.91. The summed E-state index contributed by atoms with van der Waals surface area (Å²) in [6, 6.07) is -2.95. The molecule has 0 saturated heterocycles. The average molecular weight is 577 g/mol. The van der Waals surface area contributed by atoms with Crippen molar-refractivity contribution < 1.29 is 61.9 Å². The molecule has 19 heteroatoms. The van der Waals surface area contributed by atoms with Gasteiger partial charge in [-0.1, -0.05) is 0 Å². The molecule has 1 amide bonds. The lowest BCUT2D eigenvalue weighted by Gasteiger charge is -2.37. The number of anilines is 1. The maximum Gasteiger partial charge on any atom is 0.244 e. The number of carbonyl (C=O) groups excluding carboxylic acids is 1. The normalized spacial score (nSPS) is 27.1. The van der Waals surface area contributed by atoms with Crippen LogP contribution >= 0.6 is 0 Å². The van der Waals surface area contributed by atoms with Crippen LogP contribution in [-0.4, -0.2) is 83.7 Å². The number of amides is 1. The van der Waals surface area contributed by atoms with E-state index in [2.05, 4.69) is 5.14 Å². The molecule has 2 rings (SSSR count). The molecule has 206 valence electrons. The van der Waals surface area contributed by atoms with Gasteiger partial charge in [0, 0.05) is 13.0 Å². The van der Waals surface area contributed by atoms with E-state index in [4.69, 9.17) is 5.11 Å². The molecule has 1 fully saturated rings. The monoisotopic (exact) mass is 577 g/mol. The van der Waals surface area contributed by atoms with E-state index in [9.17, 15) is 52.4 Å². The van der Waals surface area contributed by atoms with Crippen LogP contribution in [-0.2, 0) is 24.7 Å². The minimum absolute atomic E-state index is 0.339. The number of carbonyl (C=O) groups is 1. The van der Waals surface area contributed by atoms with Crippen molar-refractivity contribution in [3.8, 4) is 0 Å². The number of sulfonamides is 1. The van der Waals surface area contributed by atoms with Crippen molar-refractivity contribution in [2.24, 2.45) is 5.14 Å². The number of halogens is 8. The Morgan fingerprint density at radius 2 is 1.31 bits per heavy atom. The van der Waals surface area contributed by atoms with Crippen LogP contribution in [0.5, 0.6) is 0 Å². The second-order valence-electron chi connectivity index (χ2n) is 7.55. The molecule has 1 aliphatic carbocycles. The fraction of sp³-hybridized carbons (Fsp3) is 0.588. The highest BCUT2D eigenvalue weighted by Gasteiger charge is 2.54. The number of hydrogen-bond acceptors (Lipinski definition) is 7. The second kappa shape index (κ2) is 11.0. The molecule has 36 heavy (non-hydrogen) atoms. The van der Waals surface area contributed by atoms with Crippen molar-refractivity contribution >= 4 is 31.5 Å². The number of aliphatic hydroxyl groups is 1. The highest BCUT2D eigenvalue weighted by atomic mass is 32.2. The Labute approximate surface area is 199 Å². The summed E-state index contributed by atoms with van der Waals surface area (Å²) in [6.45, 7) is -0.901. The number of nitrogens with two attached hydrogens (primary N) is 1. The Balaban J connectivity index is 2.70. The van der Waals surface area contributed by atoms with Crippen LogP contribution < -0.4 is 15.8 Å². The smallest absolute Gasteiger partial charge is 0.244 e. The molecule has 1 aromatic rings. The zero-order valence-corrected chi connectivity index (χ0v) is 19.3. The summed E-state index contributed by atoms with van der Waals surface area (Å²) >= 11 is 0. The third kappa shape index (κ3) is 5.83. The number of primary sulfonamides is 1. The minimum atomic E-state index is -5.51. The van der Waals surface area contributed by atoms with Crippen molar-refractivity contribution in [3.63, 3.8) is 0 Å². The molecule has 5 N–H and O–H groups in total. The average Bonchev–Trinajstić information content (AvgIpc) is 2.78. The molecule has 1 aromatic carbocycles. The molecule has 4 unspecified atom stereocenters. The van der Waals surface area contributed by atoms with Crippen LogP contribution in [0.3, 0.4) is 0 Å². The Morgan fingerprint density at radius 3 is 1.78 bits per heavy atom. The molecular formula is C17H19F8N3O6S2. The number of alkyl halides is 5. The standard InChI is InChI=1S/C17H19F8N3O6S2/c18-6-7(19)9(21)14(10(22)8(6)20)28-15-13(25)16(36(26,33)34)11(23)12(24)17(15)35(31,32)4-1-5(30)27-2-3-29/h6-10,14,28-29H,1-4H2,(H,27,30)(H2,26,33,34). The van der Waals surface area contributed by atoms with Gasteiger partial charge in [0.1, 0.15) is 4.90 Å². The van der Waals surface area contributed by atoms with Crippen LogP contribution in [0.1, 0.15) is 6.42 Å².